The van der Waals surface area contributed by atoms with Crippen LogP contribution in [0.3, 0.4) is 0 Å². The number of hydrogen-bond acceptors (Lipinski definition) is 3. The second-order valence-electron chi connectivity index (χ2n) is 6.78. The van der Waals surface area contributed by atoms with E-state index in [9.17, 15) is 9.59 Å². The first-order valence-corrected chi connectivity index (χ1v) is 7.43. The summed E-state index contributed by atoms with van der Waals surface area (Å²) in [5.41, 5.74) is -1.06. The van der Waals surface area contributed by atoms with Crippen molar-refractivity contribution in [2.45, 2.75) is 40.2 Å². The van der Waals surface area contributed by atoms with Crippen molar-refractivity contribution >= 4 is 23.6 Å². The molecule has 1 aliphatic rings. The zero-order valence-electron chi connectivity index (χ0n) is 13.0. The number of halogens is 1. The van der Waals surface area contributed by atoms with Crippen molar-refractivity contribution < 1.29 is 14.3 Å². The van der Waals surface area contributed by atoms with Crippen molar-refractivity contribution in [3.05, 3.63) is 0 Å². The summed E-state index contributed by atoms with van der Waals surface area (Å²) in [6.45, 7) is 11.2. The van der Waals surface area contributed by atoms with Gasteiger partial charge in [0.25, 0.3) is 0 Å². The lowest BCUT2D eigenvalue weighted by atomic mass is 9.94. The van der Waals surface area contributed by atoms with Crippen molar-refractivity contribution in [3.8, 4) is 0 Å². The van der Waals surface area contributed by atoms with E-state index in [0.29, 0.717) is 26.2 Å². The van der Waals surface area contributed by atoms with Gasteiger partial charge in [0.2, 0.25) is 5.91 Å². The molecule has 0 atom stereocenters. The van der Waals surface area contributed by atoms with Crippen LogP contribution in [0.15, 0.2) is 0 Å². The van der Waals surface area contributed by atoms with Crippen LogP contribution in [0.25, 0.3) is 0 Å². The monoisotopic (exact) mass is 304 g/mol. The lowest BCUT2D eigenvalue weighted by Gasteiger charge is -2.38. The van der Waals surface area contributed by atoms with Gasteiger partial charge in [-0.1, -0.05) is 0 Å². The van der Waals surface area contributed by atoms with Crippen LogP contribution >= 0.6 is 11.6 Å². The molecule has 0 radical (unpaired) electrons. The van der Waals surface area contributed by atoms with Crippen LogP contribution in [0.1, 0.15) is 34.6 Å². The van der Waals surface area contributed by atoms with Crippen molar-refractivity contribution in [1.29, 1.82) is 0 Å². The Labute approximate surface area is 126 Å². The van der Waals surface area contributed by atoms with Gasteiger partial charge in [0.15, 0.2) is 0 Å². The molecule has 0 spiro atoms. The Morgan fingerprint density at radius 1 is 1.00 bits per heavy atom. The molecular weight excluding hydrogens is 280 g/mol. The minimum atomic E-state index is -0.560. The fourth-order valence-corrected chi connectivity index (χ4v) is 2.02. The molecular formula is C14H25ClN2O3. The molecule has 0 aromatic heterocycles. The lowest BCUT2D eigenvalue weighted by molar-refractivity contribution is -0.141. The van der Waals surface area contributed by atoms with Gasteiger partial charge >= 0.3 is 6.09 Å². The highest BCUT2D eigenvalue weighted by Gasteiger charge is 2.34. The number of amides is 2. The highest BCUT2D eigenvalue weighted by molar-refractivity contribution is 6.19. The topological polar surface area (TPSA) is 49.9 Å². The van der Waals surface area contributed by atoms with E-state index in [1.54, 1.807) is 9.80 Å². The maximum Gasteiger partial charge on any atom is 0.410 e. The summed E-state index contributed by atoms with van der Waals surface area (Å²) in [6, 6.07) is 0. The van der Waals surface area contributed by atoms with E-state index in [1.807, 2.05) is 34.6 Å². The first kappa shape index (κ1) is 17.1. The van der Waals surface area contributed by atoms with Gasteiger partial charge in [0.05, 0.1) is 5.41 Å². The predicted octanol–water partition coefficient (Wildman–Crippen LogP) is 2.33. The zero-order valence-corrected chi connectivity index (χ0v) is 13.8. The Morgan fingerprint density at radius 3 is 1.85 bits per heavy atom. The summed E-state index contributed by atoms with van der Waals surface area (Å²) < 4.78 is 5.32. The quantitative estimate of drug-likeness (QED) is 0.736. The van der Waals surface area contributed by atoms with E-state index in [0.717, 1.165) is 0 Å². The van der Waals surface area contributed by atoms with Gasteiger partial charge < -0.3 is 14.5 Å². The van der Waals surface area contributed by atoms with Crippen molar-refractivity contribution in [3.63, 3.8) is 0 Å². The van der Waals surface area contributed by atoms with E-state index in [2.05, 4.69) is 0 Å². The summed E-state index contributed by atoms with van der Waals surface area (Å²) in [5.74, 6) is 0.328. The van der Waals surface area contributed by atoms with E-state index in [-0.39, 0.29) is 17.9 Å². The molecule has 0 aliphatic carbocycles. The second kappa shape index (κ2) is 6.20. The number of ether oxygens (including phenoxy) is 1. The van der Waals surface area contributed by atoms with Crippen LogP contribution in [0.2, 0.25) is 0 Å². The molecule has 116 valence electrons. The third kappa shape index (κ3) is 4.54. The number of piperazine rings is 1. The summed E-state index contributed by atoms with van der Waals surface area (Å²) >= 11 is 5.83. The fraction of sp³-hybridized carbons (Fsp3) is 0.857. The highest BCUT2D eigenvalue weighted by Crippen LogP contribution is 2.22. The standard InChI is InChI=1S/C14H25ClN2O3/c1-13(2,3)20-12(19)17-8-6-16(7-9-17)11(18)14(4,5)10-15/h6-10H2,1-5H3. The Morgan fingerprint density at radius 2 is 1.45 bits per heavy atom. The second-order valence-corrected chi connectivity index (χ2v) is 7.04. The summed E-state index contributed by atoms with van der Waals surface area (Å²) in [5, 5.41) is 0. The van der Waals surface area contributed by atoms with Gasteiger partial charge in [-0.05, 0) is 34.6 Å². The highest BCUT2D eigenvalue weighted by atomic mass is 35.5. The molecule has 0 aromatic carbocycles. The molecule has 1 saturated heterocycles. The first-order valence-electron chi connectivity index (χ1n) is 6.90. The van der Waals surface area contributed by atoms with Crippen molar-refractivity contribution in [2.24, 2.45) is 5.41 Å². The summed E-state index contributed by atoms with van der Waals surface area (Å²) in [7, 11) is 0. The third-order valence-electron chi connectivity index (χ3n) is 3.13. The van der Waals surface area contributed by atoms with Gasteiger partial charge in [-0.25, -0.2) is 4.79 Å². The molecule has 1 fully saturated rings. The summed E-state index contributed by atoms with van der Waals surface area (Å²) in [6.07, 6.45) is -0.318. The molecule has 6 heteroatoms. The molecule has 0 aromatic rings. The van der Waals surface area contributed by atoms with Crippen LogP contribution < -0.4 is 0 Å². The van der Waals surface area contributed by atoms with Gasteiger partial charge in [0.1, 0.15) is 5.60 Å². The van der Waals surface area contributed by atoms with Gasteiger partial charge in [-0.2, -0.15) is 0 Å². The van der Waals surface area contributed by atoms with Crippen LogP contribution in [-0.2, 0) is 9.53 Å². The van der Waals surface area contributed by atoms with Crippen molar-refractivity contribution in [1.82, 2.24) is 9.80 Å². The number of nitrogens with zero attached hydrogens (tertiary/aromatic N) is 2. The number of alkyl halides is 1. The number of carbonyl (C=O) groups is 2. The van der Waals surface area contributed by atoms with Crippen LogP contribution in [0.5, 0.6) is 0 Å². The largest absolute Gasteiger partial charge is 0.444 e. The molecule has 0 N–H and O–H groups in total. The molecule has 20 heavy (non-hydrogen) atoms. The molecule has 0 bridgehead atoms. The number of carbonyl (C=O) groups excluding carboxylic acids is 2. The Kier molecular flexibility index (Phi) is 5.30. The zero-order chi connectivity index (χ0) is 15.6. The molecule has 1 rings (SSSR count). The Bertz CT molecular complexity index is 369. The average molecular weight is 305 g/mol. The van der Waals surface area contributed by atoms with E-state index < -0.39 is 11.0 Å². The van der Waals surface area contributed by atoms with Crippen LogP contribution in [-0.4, -0.2) is 59.5 Å². The summed E-state index contributed by atoms with van der Waals surface area (Å²) in [4.78, 5) is 27.6. The minimum Gasteiger partial charge on any atom is -0.444 e. The SMILES string of the molecule is CC(C)(C)OC(=O)N1CCN(C(=O)C(C)(C)CCl)CC1. The van der Waals surface area contributed by atoms with Crippen LogP contribution in [0.4, 0.5) is 4.79 Å². The maximum atomic E-state index is 12.3. The van der Waals surface area contributed by atoms with Gasteiger partial charge in [-0.15, -0.1) is 11.6 Å². The molecule has 5 nitrogen and oxygen atoms in total. The van der Waals surface area contributed by atoms with Gasteiger partial charge in [-0.3, -0.25) is 4.79 Å². The van der Waals surface area contributed by atoms with E-state index >= 15 is 0 Å². The minimum absolute atomic E-state index is 0.0383. The smallest absolute Gasteiger partial charge is 0.410 e. The molecule has 2 amide bonds. The molecule has 1 aliphatic heterocycles. The lowest BCUT2D eigenvalue weighted by Crippen LogP contribution is -2.54. The maximum absolute atomic E-state index is 12.3. The Balaban J connectivity index is 2.52. The first-order chi connectivity index (χ1) is 9.07. The average Bonchev–Trinajstić information content (AvgIpc) is 2.36. The van der Waals surface area contributed by atoms with E-state index in [1.165, 1.54) is 0 Å². The fourth-order valence-electron chi connectivity index (χ4n) is 1.90. The van der Waals surface area contributed by atoms with E-state index in [4.69, 9.17) is 16.3 Å². The number of hydrogen-bond donors (Lipinski definition) is 0. The normalized spacial score (nSPS) is 17.1. The molecule has 0 saturated carbocycles. The molecule has 1 heterocycles. The Hall–Kier alpha value is -0.970. The predicted molar refractivity (Wildman–Crippen MR) is 78.9 cm³/mol. The van der Waals surface area contributed by atoms with Crippen LogP contribution in [0, 0.1) is 5.41 Å². The van der Waals surface area contributed by atoms with Gasteiger partial charge in [0, 0.05) is 32.1 Å². The third-order valence-corrected chi connectivity index (χ3v) is 3.80. The van der Waals surface area contributed by atoms with Crippen molar-refractivity contribution in [2.75, 3.05) is 32.1 Å². The number of rotatable bonds is 2. The molecule has 0 unspecified atom stereocenters.